The number of nitrogens with two attached hydrogens (primary N) is 1. The van der Waals surface area contributed by atoms with Crippen LogP contribution in [-0.4, -0.2) is 50.0 Å². The van der Waals surface area contributed by atoms with E-state index >= 15 is 0 Å². The molecule has 2 rings (SSSR count). The Balaban J connectivity index is 2.18. The lowest BCUT2D eigenvalue weighted by atomic mass is 9.82. The number of hydrogen-bond acceptors (Lipinski definition) is 4. The fourth-order valence-corrected chi connectivity index (χ4v) is 5.81. The number of likely N-dealkylation sites (N-methyl/N-ethyl adjacent to an activating group) is 1. The molecule has 1 saturated heterocycles. The van der Waals surface area contributed by atoms with Gasteiger partial charge in [0.15, 0.2) is 9.84 Å². The largest absolute Gasteiger partial charge is 0.329 e. The highest BCUT2D eigenvalue weighted by atomic mass is 32.2. The van der Waals surface area contributed by atoms with Crippen LogP contribution < -0.4 is 5.73 Å². The third-order valence-corrected chi connectivity index (χ3v) is 6.98. The quantitative estimate of drug-likeness (QED) is 0.831. The van der Waals surface area contributed by atoms with Crippen molar-refractivity contribution in [3.63, 3.8) is 0 Å². The maximum atomic E-state index is 11.6. The molecule has 1 aliphatic heterocycles. The second-order valence-electron chi connectivity index (χ2n) is 5.97. The van der Waals surface area contributed by atoms with Crippen molar-refractivity contribution in [2.75, 3.05) is 25.1 Å². The molecule has 106 valence electrons. The zero-order valence-corrected chi connectivity index (χ0v) is 12.4. The predicted molar refractivity (Wildman–Crippen MR) is 74.2 cm³/mol. The van der Waals surface area contributed by atoms with Gasteiger partial charge in [-0.05, 0) is 32.2 Å². The van der Waals surface area contributed by atoms with Gasteiger partial charge < -0.3 is 5.73 Å². The minimum Gasteiger partial charge on any atom is -0.329 e. The van der Waals surface area contributed by atoms with Crippen LogP contribution in [0.1, 0.15) is 39.0 Å². The van der Waals surface area contributed by atoms with Crippen molar-refractivity contribution in [3.05, 3.63) is 0 Å². The Kier molecular flexibility index (Phi) is 4.04. The highest BCUT2D eigenvalue weighted by molar-refractivity contribution is 7.91. The maximum Gasteiger partial charge on any atom is 0.151 e. The van der Waals surface area contributed by atoms with Crippen molar-refractivity contribution >= 4 is 9.84 Å². The molecular formula is C13H26N2O2S. The molecule has 0 spiro atoms. The highest BCUT2D eigenvalue weighted by Gasteiger charge is 2.47. The van der Waals surface area contributed by atoms with Crippen molar-refractivity contribution in [2.45, 2.75) is 50.6 Å². The summed E-state index contributed by atoms with van der Waals surface area (Å²) in [6, 6.07) is 0.172. The summed E-state index contributed by atoms with van der Waals surface area (Å²) in [4.78, 5) is 2.32. The summed E-state index contributed by atoms with van der Waals surface area (Å²) in [6.07, 6.45) is 5.49. The molecule has 18 heavy (non-hydrogen) atoms. The fourth-order valence-electron chi connectivity index (χ4n) is 4.03. The van der Waals surface area contributed by atoms with Gasteiger partial charge in [-0.1, -0.05) is 19.8 Å². The molecule has 0 radical (unpaired) electrons. The molecule has 0 aromatic rings. The van der Waals surface area contributed by atoms with Crippen LogP contribution in [0, 0.1) is 5.92 Å². The van der Waals surface area contributed by atoms with Crippen LogP contribution in [0.5, 0.6) is 0 Å². The Morgan fingerprint density at radius 2 is 2.11 bits per heavy atom. The summed E-state index contributed by atoms with van der Waals surface area (Å²) in [5.74, 6) is 1.29. The Hall–Kier alpha value is -0.130. The van der Waals surface area contributed by atoms with Crippen molar-refractivity contribution in [3.8, 4) is 0 Å². The van der Waals surface area contributed by atoms with Crippen LogP contribution in [0.3, 0.4) is 0 Å². The molecule has 0 aromatic carbocycles. The van der Waals surface area contributed by atoms with Crippen LogP contribution in [0.15, 0.2) is 0 Å². The first-order valence-corrected chi connectivity index (χ1v) is 8.91. The molecule has 2 aliphatic rings. The molecule has 1 heterocycles. The van der Waals surface area contributed by atoms with Crippen molar-refractivity contribution in [1.29, 1.82) is 0 Å². The Labute approximate surface area is 111 Å². The van der Waals surface area contributed by atoms with Gasteiger partial charge in [-0.2, -0.15) is 0 Å². The lowest BCUT2D eigenvalue weighted by molar-refractivity contribution is 0.0504. The smallest absolute Gasteiger partial charge is 0.151 e. The third kappa shape index (κ3) is 2.32. The highest BCUT2D eigenvalue weighted by Crippen LogP contribution is 2.42. The monoisotopic (exact) mass is 274 g/mol. The minimum atomic E-state index is -2.81. The van der Waals surface area contributed by atoms with Crippen LogP contribution in [0.25, 0.3) is 0 Å². The van der Waals surface area contributed by atoms with Gasteiger partial charge >= 0.3 is 0 Å². The maximum absolute atomic E-state index is 11.6. The third-order valence-electron chi connectivity index (χ3n) is 5.23. The van der Waals surface area contributed by atoms with Crippen LogP contribution in [0.4, 0.5) is 0 Å². The second kappa shape index (κ2) is 5.10. The minimum absolute atomic E-state index is 0.0409. The molecule has 0 amide bonds. The van der Waals surface area contributed by atoms with Gasteiger partial charge in [0.2, 0.25) is 0 Å². The van der Waals surface area contributed by atoms with E-state index in [2.05, 4.69) is 18.9 Å². The Morgan fingerprint density at radius 3 is 2.61 bits per heavy atom. The lowest BCUT2D eigenvalue weighted by Gasteiger charge is -2.45. The summed E-state index contributed by atoms with van der Waals surface area (Å²) < 4.78 is 23.3. The first-order valence-electron chi connectivity index (χ1n) is 7.08. The van der Waals surface area contributed by atoms with Crippen LogP contribution in [0.2, 0.25) is 0 Å². The van der Waals surface area contributed by atoms with Crippen molar-refractivity contribution < 1.29 is 8.42 Å². The summed E-state index contributed by atoms with van der Waals surface area (Å²) in [5.41, 5.74) is 6.12. The first kappa shape index (κ1) is 14.3. The van der Waals surface area contributed by atoms with E-state index in [1.807, 2.05) is 0 Å². The van der Waals surface area contributed by atoms with Gasteiger partial charge in [-0.15, -0.1) is 0 Å². The molecule has 0 aromatic heterocycles. The van der Waals surface area contributed by atoms with Gasteiger partial charge in [0.05, 0.1) is 11.5 Å². The van der Waals surface area contributed by atoms with Gasteiger partial charge in [-0.25, -0.2) is 8.42 Å². The Bertz CT molecular complexity index is 396. The number of rotatable bonds is 4. The number of hydrogen-bond donors (Lipinski definition) is 1. The normalized spacial score (nSPS) is 39.6. The molecule has 1 saturated carbocycles. The molecule has 3 atom stereocenters. The number of nitrogens with zero attached hydrogens (tertiary/aromatic N) is 1. The van der Waals surface area contributed by atoms with E-state index < -0.39 is 9.84 Å². The molecule has 5 heteroatoms. The van der Waals surface area contributed by atoms with Gasteiger partial charge in [-0.3, -0.25) is 4.90 Å². The molecule has 1 aliphatic carbocycles. The average Bonchev–Trinajstić information content (AvgIpc) is 2.91. The fraction of sp³-hybridized carbons (Fsp3) is 1.00. The number of sulfone groups is 1. The summed E-state index contributed by atoms with van der Waals surface area (Å²) in [5, 5.41) is 0. The first-order chi connectivity index (χ1) is 8.45. The summed E-state index contributed by atoms with van der Waals surface area (Å²) in [6.45, 7) is 2.87. The summed E-state index contributed by atoms with van der Waals surface area (Å²) in [7, 11) is -0.722. The van der Waals surface area contributed by atoms with Crippen molar-refractivity contribution in [1.82, 2.24) is 4.90 Å². The van der Waals surface area contributed by atoms with E-state index in [4.69, 9.17) is 5.73 Å². The standard InChI is InChI=1S/C13H26N2O2S/c1-3-11-5-4-7-13(11,10-14)15(2)12-6-8-18(16,17)9-12/h11-12H,3-10,14H2,1-2H3. The van der Waals surface area contributed by atoms with E-state index in [0.717, 1.165) is 19.3 Å². The van der Waals surface area contributed by atoms with Gasteiger partial charge in [0, 0.05) is 18.1 Å². The van der Waals surface area contributed by atoms with E-state index in [9.17, 15) is 8.42 Å². The second-order valence-corrected chi connectivity index (χ2v) is 8.20. The predicted octanol–water partition coefficient (Wildman–Crippen LogP) is 1.01. The molecule has 2 fully saturated rings. The zero-order valence-electron chi connectivity index (χ0n) is 11.6. The van der Waals surface area contributed by atoms with E-state index in [1.54, 1.807) is 0 Å². The lowest BCUT2D eigenvalue weighted by Crippen LogP contribution is -2.58. The van der Waals surface area contributed by atoms with Crippen LogP contribution >= 0.6 is 0 Å². The molecule has 4 nitrogen and oxygen atoms in total. The average molecular weight is 274 g/mol. The van der Waals surface area contributed by atoms with Crippen LogP contribution in [-0.2, 0) is 9.84 Å². The Morgan fingerprint density at radius 1 is 1.39 bits per heavy atom. The topological polar surface area (TPSA) is 63.4 Å². The zero-order chi connectivity index (χ0) is 13.4. The molecule has 0 bridgehead atoms. The van der Waals surface area contributed by atoms with Gasteiger partial charge in [0.25, 0.3) is 0 Å². The molecule has 2 N–H and O–H groups in total. The van der Waals surface area contributed by atoms with E-state index in [0.29, 0.717) is 24.0 Å². The van der Waals surface area contributed by atoms with Crippen molar-refractivity contribution in [2.24, 2.45) is 11.7 Å². The van der Waals surface area contributed by atoms with Gasteiger partial charge in [0.1, 0.15) is 0 Å². The van der Waals surface area contributed by atoms with E-state index in [1.165, 1.54) is 12.8 Å². The molecular weight excluding hydrogens is 248 g/mol. The van der Waals surface area contributed by atoms with E-state index in [-0.39, 0.29) is 11.6 Å². The SMILES string of the molecule is CCC1CCCC1(CN)N(C)C1CCS(=O)(=O)C1. The summed E-state index contributed by atoms with van der Waals surface area (Å²) >= 11 is 0. The molecule has 3 unspecified atom stereocenters.